The summed E-state index contributed by atoms with van der Waals surface area (Å²) in [6.45, 7) is 4.52. The first-order valence-electron chi connectivity index (χ1n) is 6.66. The molecule has 2 N–H and O–H groups in total. The molecule has 1 rings (SSSR count). The molecule has 0 aromatic heterocycles. The third-order valence-corrected chi connectivity index (χ3v) is 3.71. The van der Waals surface area contributed by atoms with Crippen molar-refractivity contribution in [2.75, 3.05) is 20.1 Å². The van der Waals surface area contributed by atoms with Crippen LogP contribution in [0.25, 0.3) is 0 Å². The minimum Gasteiger partial charge on any atom is -0.330 e. The molecule has 1 saturated carbocycles. The number of nitrogens with zero attached hydrogens (tertiary/aromatic N) is 1. The molecule has 0 spiro atoms. The molecule has 0 amide bonds. The van der Waals surface area contributed by atoms with Crippen molar-refractivity contribution >= 4 is 0 Å². The summed E-state index contributed by atoms with van der Waals surface area (Å²) >= 11 is 0. The molecule has 1 fully saturated rings. The number of hydrogen-bond acceptors (Lipinski definition) is 2. The largest absolute Gasteiger partial charge is 0.330 e. The van der Waals surface area contributed by atoms with Crippen molar-refractivity contribution in [2.24, 2.45) is 11.7 Å². The zero-order valence-corrected chi connectivity index (χ0v) is 10.5. The molecule has 1 unspecified atom stereocenters. The van der Waals surface area contributed by atoms with Crippen molar-refractivity contribution in [3.63, 3.8) is 0 Å². The Labute approximate surface area is 95.2 Å². The number of hydrogen-bond donors (Lipinski definition) is 1. The number of nitrogens with two attached hydrogens (primary N) is 1. The van der Waals surface area contributed by atoms with E-state index in [0.29, 0.717) is 0 Å². The first kappa shape index (κ1) is 13.0. The van der Waals surface area contributed by atoms with Crippen LogP contribution in [0.15, 0.2) is 0 Å². The summed E-state index contributed by atoms with van der Waals surface area (Å²) in [5.74, 6) is 1.01. The first-order chi connectivity index (χ1) is 7.25. The van der Waals surface area contributed by atoms with Gasteiger partial charge in [-0.25, -0.2) is 0 Å². The first-order valence-corrected chi connectivity index (χ1v) is 6.66. The Kier molecular flexibility index (Phi) is 6.26. The lowest BCUT2D eigenvalue weighted by molar-refractivity contribution is 0.229. The third-order valence-electron chi connectivity index (χ3n) is 3.71. The second-order valence-electron chi connectivity index (χ2n) is 5.12. The van der Waals surface area contributed by atoms with Gasteiger partial charge in [-0.05, 0) is 58.7 Å². The van der Waals surface area contributed by atoms with Gasteiger partial charge in [0.25, 0.3) is 0 Å². The van der Waals surface area contributed by atoms with Crippen LogP contribution in [0.3, 0.4) is 0 Å². The summed E-state index contributed by atoms with van der Waals surface area (Å²) in [7, 11) is 2.28. The van der Waals surface area contributed by atoms with Crippen molar-refractivity contribution in [3.05, 3.63) is 0 Å². The van der Waals surface area contributed by atoms with Crippen LogP contribution in [-0.2, 0) is 0 Å². The second-order valence-corrected chi connectivity index (χ2v) is 5.12. The number of rotatable bonds is 9. The average Bonchev–Trinajstić information content (AvgIpc) is 3.05. The predicted molar refractivity (Wildman–Crippen MR) is 67.0 cm³/mol. The van der Waals surface area contributed by atoms with Gasteiger partial charge in [0.05, 0.1) is 0 Å². The molecular weight excluding hydrogens is 184 g/mol. The van der Waals surface area contributed by atoms with E-state index < -0.39 is 0 Å². The van der Waals surface area contributed by atoms with Crippen molar-refractivity contribution in [1.29, 1.82) is 0 Å². The molecule has 2 heteroatoms. The Bertz CT molecular complexity index is 155. The van der Waals surface area contributed by atoms with Crippen LogP contribution in [0.2, 0.25) is 0 Å². The molecule has 0 saturated heterocycles. The normalized spacial score (nSPS) is 18.4. The lowest BCUT2D eigenvalue weighted by Crippen LogP contribution is -2.31. The molecule has 0 heterocycles. The Morgan fingerprint density at radius 1 is 1.13 bits per heavy atom. The second kappa shape index (κ2) is 7.24. The highest BCUT2D eigenvalue weighted by Gasteiger charge is 2.29. The number of unbranched alkanes of at least 4 members (excludes halogenated alkanes) is 4. The zero-order valence-electron chi connectivity index (χ0n) is 10.5. The highest BCUT2D eigenvalue weighted by molar-refractivity contribution is 4.83. The average molecular weight is 212 g/mol. The molecule has 0 bridgehead atoms. The van der Waals surface area contributed by atoms with Crippen LogP contribution in [0, 0.1) is 5.92 Å². The van der Waals surface area contributed by atoms with Gasteiger partial charge in [0.15, 0.2) is 0 Å². The van der Waals surface area contributed by atoms with Gasteiger partial charge in [0.1, 0.15) is 0 Å². The topological polar surface area (TPSA) is 29.3 Å². The van der Waals surface area contributed by atoms with E-state index in [0.717, 1.165) is 18.5 Å². The van der Waals surface area contributed by atoms with Crippen LogP contribution in [0.4, 0.5) is 0 Å². The van der Waals surface area contributed by atoms with E-state index in [-0.39, 0.29) is 0 Å². The Balaban J connectivity index is 1.89. The molecule has 0 aromatic carbocycles. The summed E-state index contributed by atoms with van der Waals surface area (Å²) in [6, 6.07) is 0.814. The molecule has 0 radical (unpaired) electrons. The SMILES string of the molecule is CC(C1CC1)N(C)CCCCCCCN. The monoisotopic (exact) mass is 212 g/mol. The molecule has 2 nitrogen and oxygen atoms in total. The molecule has 15 heavy (non-hydrogen) atoms. The van der Waals surface area contributed by atoms with Gasteiger partial charge in [-0.3, -0.25) is 0 Å². The molecule has 1 aliphatic rings. The van der Waals surface area contributed by atoms with Crippen molar-refractivity contribution in [2.45, 2.75) is 57.9 Å². The van der Waals surface area contributed by atoms with Crippen molar-refractivity contribution < 1.29 is 0 Å². The Morgan fingerprint density at radius 3 is 2.33 bits per heavy atom. The van der Waals surface area contributed by atoms with Crippen LogP contribution in [0.5, 0.6) is 0 Å². The van der Waals surface area contributed by atoms with Gasteiger partial charge in [0, 0.05) is 6.04 Å². The summed E-state index contributed by atoms with van der Waals surface area (Å²) in [6.07, 6.45) is 9.54. The fraction of sp³-hybridized carbons (Fsp3) is 1.00. The maximum Gasteiger partial charge on any atom is 0.00921 e. The maximum absolute atomic E-state index is 5.46. The lowest BCUT2D eigenvalue weighted by Gasteiger charge is -2.24. The van der Waals surface area contributed by atoms with E-state index in [1.54, 1.807) is 0 Å². The molecule has 1 aliphatic carbocycles. The van der Waals surface area contributed by atoms with Gasteiger partial charge in [-0.1, -0.05) is 19.3 Å². The molecule has 90 valence electrons. The van der Waals surface area contributed by atoms with Crippen LogP contribution in [0.1, 0.15) is 51.9 Å². The Morgan fingerprint density at radius 2 is 1.73 bits per heavy atom. The molecular formula is C13H28N2. The summed E-state index contributed by atoms with van der Waals surface area (Å²) < 4.78 is 0. The summed E-state index contributed by atoms with van der Waals surface area (Å²) in [5.41, 5.74) is 5.46. The Hall–Kier alpha value is -0.0800. The standard InChI is InChI=1S/C13H28N2/c1-12(13-8-9-13)15(2)11-7-5-3-4-6-10-14/h12-13H,3-11,14H2,1-2H3. The minimum absolute atomic E-state index is 0.814. The van der Waals surface area contributed by atoms with Crippen LogP contribution < -0.4 is 5.73 Å². The molecule has 0 aliphatic heterocycles. The smallest absolute Gasteiger partial charge is 0.00921 e. The fourth-order valence-electron chi connectivity index (χ4n) is 2.18. The van der Waals surface area contributed by atoms with Gasteiger partial charge >= 0.3 is 0 Å². The van der Waals surface area contributed by atoms with E-state index in [9.17, 15) is 0 Å². The van der Waals surface area contributed by atoms with Crippen LogP contribution in [-0.4, -0.2) is 31.1 Å². The summed E-state index contributed by atoms with van der Waals surface area (Å²) in [5, 5.41) is 0. The maximum atomic E-state index is 5.46. The zero-order chi connectivity index (χ0) is 11.1. The third kappa shape index (κ3) is 5.53. The lowest BCUT2D eigenvalue weighted by atomic mass is 10.1. The van der Waals surface area contributed by atoms with E-state index >= 15 is 0 Å². The molecule has 1 atom stereocenters. The van der Waals surface area contributed by atoms with E-state index in [2.05, 4.69) is 18.9 Å². The highest BCUT2D eigenvalue weighted by atomic mass is 15.1. The van der Waals surface area contributed by atoms with Crippen molar-refractivity contribution in [3.8, 4) is 0 Å². The fourth-order valence-corrected chi connectivity index (χ4v) is 2.18. The van der Waals surface area contributed by atoms with Gasteiger partial charge < -0.3 is 10.6 Å². The van der Waals surface area contributed by atoms with Crippen molar-refractivity contribution in [1.82, 2.24) is 4.90 Å². The van der Waals surface area contributed by atoms with E-state index in [1.165, 1.54) is 51.5 Å². The van der Waals surface area contributed by atoms with Crippen LogP contribution >= 0.6 is 0 Å². The van der Waals surface area contributed by atoms with Gasteiger partial charge in [0.2, 0.25) is 0 Å². The quantitative estimate of drug-likeness (QED) is 0.595. The van der Waals surface area contributed by atoms with Gasteiger partial charge in [-0.15, -0.1) is 0 Å². The highest BCUT2D eigenvalue weighted by Crippen LogP contribution is 2.34. The molecule has 0 aromatic rings. The van der Waals surface area contributed by atoms with E-state index in [1.807, 2.05) is 0 Å². The van der Waals surface area contributed by atoms with E-state index in [4.69, 9.17) is 5.73 Å². The van der Waals surface area contributed by atoms with Gasteiger partial charge in [-0.2, -0.15) is 0 Å². The predicted octanol–water partition coefficient (Wildman–Crippen LogP) is 2.63. The minimum atomic E-state index is 0.814. The summed E-state index contributed by atoms with van der Waals surface area (Å²) in [4.78, 5) is 2.54.